The number of aryl methyl sites for hydroxylation is 1. The minimum Gasteiger partial charge on any atom is -0.481 e. The number of aliphatic carboxylic acids is 1. The topological polar surface area (TPSA) is 43.8 Å². The number of carboxylic acid groups (broad SMARTS) is 1. The van der Waals surface area contributed by atoms with E-state index in [0.717, 1.165) is 39.0 Å². The van der Waals surface area contributed by atoms with Crippen molar-refractivity contribution in [1.82, 2.24) is 4.90 Å². The Morgan fingerprint density at radius 3 is 2.30 bits per heavy atom. The summed E-state index contributed by atoms with van der Waals surface area (Å²) in [5.74, 6) is -0.775. The lowest BCUT2D eigenvalue weighted by Gasteiger charge is -2.46. The molecule has 2 aliphatic rings. The molecular formula is C16H22N2O2. The molecule has 3 rings (SSSR count). The molecule has 0 atom stereocenters. The fourth-order valence-electron chi connectivity index (χ4n) is 3.21. The maximum absolute atomic E-state index is 10.8. The summed E-state index contributed by atoms with van der Waals surface area (Å²) in [7, 11) is 0. The van der Waals surface area contributed by atoms with E-state index in [1.165, 1.54) is 11.3 Å². The van der Waals surface area contributed by atoms with Crippen molar-refractivity contribution in [1.29, 1.82) is 0 Å². The first-order valence-corrected chi connectivity index (χ1v) is 7.42. The summed E-state index contributed by atoms with van der Waals surface area (Å²) in [6.07, 6.45) is 2.28. The molecule has 108 valence electrons. The van der Waals surface area contributed by atoms with Crippen molar-refractivity contribution >= 4 is 11.7 Å². The van der Waals surface area contributed by atoms with Gasteiger partial charge in [0, 0.05) is 37.9 Å². The van der Waals surface area contributed by atoms with Gasteiger partial charge in [-0.05, 0) is 31.9 Å². The summed E-state index contributed by atoms with van der Waals surface area (Å²) < 4.78 is 0. The van der Waals surface area contributed by atoms with Crippen LogP contribution in [0.15, 0.2) is 24.3 Å². The zero-order valence-electron chi connectivity index (χ0n) is 12.0. The van der Waals surface area contributed by atoms with Crippen molar-refractivity contribution in [3.63, 3.8) is 0 Å². The summed E-state index contributed by atoms with van der Waals surface area (Å²) in [5.41, 5.74) is 2.60. The lowest BCUT2D eigenvalue weighted by Crippen LogP contribution is -2.57. The van der Waals surface area contributed by atoms with Crippen molar-refractivity contribution in [3.05, 3.63) is 29.8 Å². The van der Waals surface area contributed by atoms with Crippen LogP contribution in [0.1, 0.15) is 18.4 Å². The molecule has 2 fully saturated rings. The minimum atomic E-state index is -0.640. The van der Waals surface area contributed by atoms with Crippen molar-refractivity contribution in [3.8, 4) is 0 Å². The number of hydrogen-bond acceptors (Lipinski definition) is 3. The van der Waals surface area contributed by atoms with Crippen LogP contribution >= 0.6 is 0 Å². The molecule has 1 N–H and O–H groups in total. The van der Waals surface area contributed by atoms with Gasteiger partial charge in [0.15, 0.2) is 0 Å². The molecule has 0 amide bonds. The van der Waals surface area contributed by atoms with Crippen molar-refractivity contribution in [2.75, 3.05) is 31.1 Å². The van der Waals surface area contributed by atoms with Crippen LogP contribution in [0, 0.1) is 12.8 Å². The van der Waals surface area contributed by atoms with Gasteiger partial charge < -0.3 is 10.0 Å². The highest BCUT2D eigenvalue weighted by Crippen LogP contribution is 2.27. The molecule has 2 aliphatic heterocycles. The number of nitrogens with zero attached hydrogens (tertiary/aromatic N) is 2. The number of carboxylic acids is 1. The number of benzene rings is 1. The van der Waals surface area contributed by atoms with Gasteiger partial charge >= 0.3 is 5.97 Å². The van der Waals surface area contributed by atoms with Crippen LogP contribution in [0.3, 0.4) is 0 Å². The van der Waals surface area contributed by atoms with Crippen molar-refractivity contribution < 1.29 is 9.90 Å². The largest absolute Gasteiger partial charge is 0.481 e. The number of anilines is 1. The van der Waals surface area contributed by atoms with E-state index in [1.54, 1.807) is 0 Å². The molecule has 0 bridgehead atoms. The minimum absolute atomic E-state index is 0.134. The SMILES string of the molecule is Cc1ccc(N2CCC(N3CC(C(=O)O)C3)CC2)cc1. The fourth-order valence-corrected chi connectivity index (χ4v) is 3.21. The molecule has 0 unspecified atom stereocenters. The maximum Gasteiger partial charge on any atom is 0.309 e. The molecule has 4 nitrogen and oxygen atoms in total. The van der Waals surface area contributed by atoms with Gasteiger partial charge in [0.2, 0.25) is 0 Å². The van der Waals surface area contributed by atoms with Crippen molar-refractivity contribution in [2.24, 2.45) is 5.92 Å². The Morgan fingerprint density at radius 1 is 1.15 bits per heavy atom. The number of carbonyl (C=O) groups is 1. The highest BCUT2D eigenvalue weighted by molar-refractivity contribution is 5.71. The third-order valence-electron chi connectivity index (χ3n) is 4.64. The average molecular weight is 274 g/mol. The lowest BCUT2D eigenvalue weighted by molar-refractivity contribution is -0.148. The van der Waals surface area contributed by atoms with E-state index in [-0.39, 0.29) is 5.92 Å². The smallest absolute Gasteiger partial charge is 0.309 e. The van der Waals surface area contributed by atoms with Crippen LogP contribution < -0.4 is 4.90 Å². The highest BCUT2D eigenvalue weighted by Gasteiger charge is 2.37. The Morgan fingerprint density at radius 2 is 1.75 bits per heavy atom. The quantitative estimate of drug-likeness (QED) is 0.915. The average Bonchev–Trinajstić information content (AvgIpc) is 2.38. The van der Waals surface area contributed by atoms with Gasteiger partial charge in [-0.2, -0.15) is 0 Å². The van der Waals surface area contributed by atoms with E-state index in [1.807, 2.05) is 0 Å². The normalized spacial score (nSPS) is 21.8. The zero-order valence-corrected chi connectivity index (χ0v) is 12.0. The van der Waals surface area contributed by atoms with E-state index in [4.69, 9.17) is 5.11 Å². The van der Waals surface area contributed by atoms with Crippen LogP contribution in [0.5, 0.6) is 0 Å². The molecule has 0 aliphatic carbocycles. The Labute approximate surface area is 120 Å². The molecule has 0 spiro atoms. The summed E-state index contributed by atoms with van der Waals surface area (Å²) in [5, 5.41) is 8.93. The summed E-state index contributed by atoms with van der Waals surface area (Å²) >= 11 is 0. The van der Waals surface area contributed by atoms with Gasteiger partial charge in [-0.25, -0.2) is 0 Å². The van der Waals surface area contributed by atoms with Crippen LogP contribution in [0.4, 0.5) is 5.69 Å². The van der Waals surface area contributed by atoms with Gasteiger partial charge in [0.1, 0.15) is 0 Å². The van der Waals surface area contributed by atoms with Gasteiger partial charge in [-0.1, -0.05) is 17.7 Å². The molecule has 0 radical (unpaired) electrons. The maximum atomic E-state index is 10.8. The monoisotopic (exact) mass is 274 g/mol. The van der Waals surface area contributed by atoms with Gasteiger partial charge in [-0.3, -0.25) is 9.69 Å². The van der Waals surface area contributed by atoms with E-state index in [0.29, 0.717) is 6.04 Å². The number of hydrogen-bond donors (Lipinski definition) is 1. The molecule has 0 saturated carbocycles. The molecule has 2 heterocycles. The molecule has 0 aromatic heterocycles. The second kappa shape index (κ2) is 5.44. The number of rotatable bonds is 3. The Balaban J connectivity index is 1.50. The van der Waals surface area contributed by atoms with Gasteiger partial charge in [0.25, 0.3) is 0 Å². The Kier molecular flexibility index (Phi) is 3.66. The fraction of sp³-hybridized carbons (Fsp3) is 0.562. The first-order chi connectivity index (χ1) is 9.63. The summed E-state index contributed by atoms with van der Waals surface area (Å²) in [4.78, 5) is 15.6. The Bertz CT molecular complexity index is 472. The second-order valence-electron chi connectivity index (χ2n) is 6.04. The lowest BCUT2D eigenvalue weighted by atomic mass is 9.93. The van der Waals surface area contributed by atoms with Crippen LogP contribution in [-0.2, 0) is 4.79 Å². The number of piperidine rings is 1. The van der Waals surface area contributed by atoms with E-state index in [9.17, 15) is 4.79 Å². The first-order valence-electron chi connectivity index (χ1n) is 7.42. The predicted molar refractivity (Wildman–Crippen MR) is 79.1 cm³/mol. The van der Waals surface area contributed by atoms with E-state index >= 15 is 0 Å². The zero-order chi connectivity index (χ0) is 14.1. The third kappa shape index (κ3) is 2.66. The van der Waals surface area contributed by atoms with Crippen LogP contribution in [0.2, 0.25) is 0 Å². The van der Waals surface area contributed by atoms with Gasteiger partial charge in [0.05, 0.1) is 5.92 Å². The molecule has 4 heteroatoms. The second-order valence-corrected chi connectivity index (χ2v) is 6.04. The molecule has 20 heavy (non-hydrogen) atoms. The highest BCUT2D eigenvalue weighted by atomic mass is 16.4. The van der Waals surface area contributed by atoms with Crippen molar-refractivity contribution in [2.45, 2.75) is 25.8 Å². The standard InChI is InChI=1S/C16H22N2O2/c1-12-2-4-14(5-3-12)17-8-6-15(7-9-17)18-10-13(11-18)16(19)20/h2-5,13,15H,6-11H2,1H3,(H,19,20). The third-order valence-corrected chi connectivity index (χ3v) is 4.64. The molecule has 1 aromatic carbocycles. The molecule has 2 saturated heterocycles. The Hall–Kier alpha value is -1.55. The predicted octanol–water partition coefficient (Wildman–Crippen LogP) is 1.98. The van der Waals surface area contributed by atoms with Gasteiger partial charge in [-0.15, -0.1) is 0 Å². The van der Waals surface area contributed by atoms with Crippen LogP contribution in [-0.4, -0.2) is 48.2 Å². The summed E-state index contributed by atoms with van der Waals surface area (Å²) in [6, 6.07) is 9.29. The molecule has 1 aromatic rings. The molecular weight excluding hydrogens is 252 g/mol. The summed E-state index contributed by atoms with van der Waals surface area (Å²) in [6.45, 7) is 5.73. The first kappa shape index (κ1) is 13.4. The number of likely N-dealkylation sites (tertiary alicyclic amines) is 1. The van der Waals surface area contributed by atoms with E-state index in [2.05, 4.69) is 41.0 Å². The van der Waals surface area contributed by atoms with Crippen LogP contribution in [0.25, 0.3) is 0 Å². The van der Waals surface area contributed by atoms with E-state index < -0.39 is 5.97 Å².